The first-order chi connectivity index (χ1) is 9.52. The Kier molecular flexibility index (Phi) is 5.18. The van der Waals surface area contributed by atoms with E-state index in [2.05, 4.69) is 37.6 Å². The molecule has 0 spiro atoms. The quantitative estimate of drug-likeness (QED) is 0.844. The number of thiophene rings is 1. The molecular weight excluding hydrogens is 339 g/mol. The molecule has 0 saturated heterocycles. The second-order valence-electron chi connectivity index (χ2n) is 4.80. The van der Waals surface area contributed by atoms with Gasteiger partial charge in [0, 0.05) is 30.9 Å². The summed E-state index contributed by atoms with van der Waals surface area (Å²) in [5.41, 5.74) is 2.86. The van der Waals surface area contributed by atoms with Crippen molar-refractivity contribution in [2.24, 2.45) is 0 Å². The Morgan fingerprint density at radius 2 is 2.20 bits per heavy atom. The smallest absolute Gasteiger partial charge is 0.130 e. The summed E-state index contributed by atoms with van der Waals surface area (Å²) in [5.74, 6) is -0.164. The summed E-state index contributed by atoms with van der Waals surface area (Å²) in [6.07, 6.45) is 0. The number of halogens is 2. The molecule has 0 aliphatic heterocycles. The predicted molar refractivity (Wildman–Crippen MR) is 88.0 cm³/mol. The van der Waals surface area contributed by atoms with Crippen molar-refractivity contribution in [3.8, 4) is 0 Å². The van der Waals surface area contributed by atoms with Gasteiger partial charge in [-0.2, -0.15) is 0 Å². The van der Waals surface area contributed by atoms with Gasteiger partial charge in [-0.25, -0.2) is 4.39 Å². The van der Waals surface area contributed by atoms with Gasteiger partial charge < -0.3 is 10.2 Å². The van der Waals surface area contributed by atoms with Gasteiger partial charge in [0.2, 0.25) is 0 Å². The van der Waals surface area contributed by atoms with Gasteiger partial charge in [0.15, 0.2) is 0 Å². The van der Waals surface area contributed by atoms with E-state index in [1.807, 2.05) is 27.1 Å². The number of hydrogen-bond acceptors (Lipinski definition) is 3. The highest BCUT2D eigenvalue weighted by molar-refractivity contribution is 9.11. The van der Waals surface area contributed by atoms with E-state index in [1.165, 1.54) is 11.6 Å². The van der Waals surface area contributed by atoms with Gasteiger partial charge in [0.1, 0.15) is 5.82 Å². The number of hydrogen-bond donors (Lipinski definition) is 1. The fourth-order valence-corrected chi connectivity index (χ4v) is 3.42. The van der Waals surface area contributed by atoms with Crippen molar-refractivity contribution < 1.29 is 4.39 Å². The molecule has 0 bridgehead atoms. The molecule has 0 amide bonds. The minimum Gasteiger partial charge on any atom is -0.370 e. The van der Waals surface area contributed by atoms with Crippen molar-refractivity contribution in [1.82, 2.24) is 5.32 Å². The van der Waals surface area contributed by atoms with Crippen molar-refractivity contribution in [3.63, 3.8) is 0 Å². The zero-order valence-corrected chi connectivity index (χ0v) is 14.2. The number of benzene rings is 1. The maximum absolute atomic E-state index is 14.1. The summed E-state index contributed by atoms with van der Waals surface area (Å²) in [7, 11) is 3.84. The van der Waals surface area contributed by atoms with Crippen LogP contribution in [-0.4, -0.2) is 14.1 Å². The Bertz CT molecular complexity index is 585. The fourth-order valence-electron chi connectivity index (χ4n) is 2.22. The largest absolute Gasteiger partial charge is 0.370 e. The van der Waals surface area contributed by atoms with Crippen molar-refractivity contribution in [2.75, 3.05) is 19.0 Å². The lowest BCUT2D eigenvalue weighted by Crippen LogP contribution is -2.22. The van der Waals surface area contributed by atoms with Gasteiger partial charge in [0.05, 0.1) is 3.79 Å². The van der Waals surface area contributed by atoms with Crippen LogP contribution in [0.15, 0.2) is 33.4 Å². The molecule has 0 radical (unpaired) electrons. The third-order valence-corrected chi connectivity index (χ3v) is 4.90. The first-order valence-corrected chi connectivity index (χ1v) is 8.10. The second-order valence-corrected chi connectivity index (χ2v) is 7.09. The molecule has 2 nitrogen and oxygen atoms in total. The van der Waals surface area contributed by atoms with Crippen LogP contribution in [0, 0.1) is 5.82 Å². The molecule has 108 valence electrons. The van der Waals surface area contributed by atoms with Crippen LogP contribution in [0.5, 0.6) is 0 Å². The third kappa shape index (κ3) is 3.40. The van der Waals surface area contributed by atoms with Crippen LogP contribution in [0.3, 0.4) is 0 Å². The minimum atomic E-state index is -0.164. The zero-order chi connectivity index (χ0) is 14.7. The van der Waals surface area contributed by atoms with E-state index >= 15 is 0 Å². The van der Waals surface area contributed by atoms with E-state index < -0.39 is 0 Å². The van der Waals surface area contributed by atoms with Crippen LogP contribution in [-0.2, 0) is 6.54 Å². The van der Waals surface area contributed by atoms with Crippen molar-refractivity contribution in [2.45, 2.75) is 19.5 Å². The molecule has 0 aliphatic rings. The summed E-state index contributed by atoms with van der Waals surface area (Å²) in [6.45, 7) is 2.73. The molecule has 1 aromatic heterocycles. The van der Waals surface area contributed by atoms with Crippen LogP contribution in [0.25, 0.3) is 0 Å². The van der Waals surface area contributed by atoms with E-state index in [9.17, 15) is 4.39 Å². The average molecular weight is 357 g/mol. The van der Waals surface area contributed by atoms with Crippen molar-refractivity contribution in [3.05, 3.63) is 50.4 Å². The fraction of sp³-hybridized carbons (Fsp3) is 0.333. The van der Waals surface area contributed by atoms with Crippen LogP contribution >= 0.6 is 27.3 Å². The van der Waals surface area contributed by atoms with E-state index in [0.29, 0.717) is 5.56 Å². The molecule has 1 aromatic carbocycles. The number of nitrogens with one attached hydrogen (secondary N) is 1. The Labute approximate surface area is 131 Å². The topological polar surface area (TPSA) is 15.3 Å². The first-order valence-electron chi connectivity index (χ1n) is 6.42. The van der Waals surface area contributed by atoms with Gasteiger partial charge in [-0.15, -0.1) is 11.3 Å². The highest BCUT2D eigenvalue weighted by Gasteiger charge is 2.17. The Hall–Kier alpha value is -0.910. The molecule has 0 saturated carbocycles. The molecule has 0 fully saturated rings. The minimum absolute atomic E-state index is 0.0251. The first kappa shape index (κ1) is 15.5. The van der Waals surface area contributed by atoms with Crippen molar-refractivity contribution >= 4 is 33.0 Å². The van der Waals surface area contributed by atoms with E-state index in [-0.39, 0.29) is 11.9 Å². The Balaban J connectivity index is 2.29. The molecule has 0 aliphatic carbocycles. The lowest BCUT2D eigenvalue weighted by molar-refractivity contribution is 0.560. The van der Waals surface area contributed by atoms with Crippen LogP contribution < -0.4 is 10.2 Å². The Morgan fingerprint density at radius 1 is 1.45 bits per heavy atom. The zero-order valence-electron chi connectivity index (χ0n) is 11.8. The number of nitrogens with zero attached hydrogens (tertiary/aromatic N) is 1. The summed E-state index contributed by atoms with van der Waals surface area (Å²) in [4.78, 5) is 2.08. The normalized spacial score (nSPS) is 12.4. The maximum atomic E-state index is 14.1. The van der Waals surface area contributed by atoms with E-state index in [4.69, 9.17) is 0 Å². The van der Waals surface area contributed by atoms with Gasteiger partial charge in [-0.1, -0.05) is 6.07 Å². The maximum Gasteiger partial charge on any atom is 0.130 e. The van der Waals surface area contributed by atoms with Gasteiger partial charge in [0.25, 0.3) is 0 Å². The lowest BCUT2D eigenvalue weighted by atomic mass is 10.0. The molecule has 1 heterocycles. The monoisotopic (exact) mass is 356 g/mol. The molecule has 1 atom stereocenters. The van der Waals surface area contributed by atoms with E-state index in [0.717, 1.165) is 16.0 Å². The summed E-state index contributed by atoms with van der Waals surface area (Å²) >= 11 is 5.13. The van der Waals surface area contributed by atoms with Crippen LogP contribution in [0.2, 0.25) is 0 Å². The number of anilines is 1. The predicted octanol–water partition coefficient (Wildman–Crippen LogP) is 4.57. The Morgan fingerprint density at radius 3 is 2.80 bits per heavy atom. The standard InChI is InChI=1S/C15H18BrFN2S/c1-10(18-2)15-12(17)5-4-6-13(15)19(3)8-11-7-14(16)20-9-11/h4-7,9-10,18H,8H2,1-3H3. The number of rotatable bonds is 5. The molecule has 1 unspecified atom stereocenters. The molecule has 1 N–H and O–H groups in total. The third-order valence-electron chi connectivity index (χ3n) is 3.35. The van der Waals surface area contributed by atoms with Gasteiger partial charge in [-0.3, -0.25) is 0 Å². The van der Waals surface area contributed by atoms with Crippen LogP contribution in [0.1, 0.15) is 24.1 Å². The lowest BCUT2D eigenvalue weighted by Gasteiger charge is -2.25. The van der Waals surface area contributed by atoms with E-state index in [1.54, 1.807) is 17.4 Å². The van der Waals surface area contributed by atoms with Gasteiger partial charge in [-0.05, 0) is 59.0 Å². The average Bonchev–Trinajstić information content (AvgIpc) is 2.83. The second kappa shape index (κ2) is 6.70. The van der Waals surface area contributed by atoms with Crippen LogP contribution in [0.4, 0.5) is 10.1 Å². The highest BCUT2D eigenvalue weighted by atomic mass is 79.9. The van der Waals surface area contributed by atoms with Gasteiger partial charge >= 0.3 is 0 Å². The molecule has 2 rings (SSSR count). The molecule has 5 heteroatoms. The molecule has 20 heavy (non-hydrogen) atoms. The molecule has 2 aromatic rings. The summed E-state index contributed by atoms with van der Waals surface area (Å²) in [6, 6.07) is 7.32. The SMILES string of the molecule is CNC(C)c1c(F)cccc1N(C)Cc1csc(Br)c1. The molecular formula is C15H18BrFN2S. The highest BCUT2D eigenvalue weighted by Crippen LogP contribution is 2.30. The van der Waals surface area contributed by atoms with Crippen molar-refractivity contribution in [1.29, 1.82) is 0 Å². The summed E-state index contributed by atoms with van der Waals surface area (Å²) < 4.78 is 15.2. The summed E-state index contributed by atoms with van der Waals surface area (Å²) in [5, 5.41) is 5.23.